The lowest BCUT2D eigenvalue weighted by atomic mass is 10.0. The van der Waals surface area contributed by atoms with E-state index in [4.69, 9.17) is 4.42 Å². The third-order valence-corrected chi connectivity index (χ3v) is 4.64. The molecule has 1 fully saturated rings. The smallest absolute Gasteiger partial charge is 0.289 e. The first-order valence-electron chi connectivity index (χ1n) is 8.09. The zero-order valence-corrected chi connectivity index (χ0v) is 15.1. The monoisotopic (exact) mass is 408 g/mol. The molecule has 132 valence electrons. The van der Waals surface area contributed by atoms with E-state index in [0.717, 1.165) is 5.56 Å². The van der Waals surface area contributed by atoms with Gasteiger partial charge < -0.3 is 14.6 Å². The van der Waals surface area contributed by atoms with Crippen molar-refractivity contribution >= 4 is 27.7 Å². The van der Waals surface area contributed by atoms with Crippen LogP contribution in [0.1, 0.15) is 29.0 Å². The van der Waals surface area contributed by atoms with E-state index in [0.29, 0.717) is 36.4 Å². The van der Waals surface area contributed by atoms with Crippen molar-refractivity contribution in [3.63, 3.8) is 0 Å². The van der Waals surface area contributed by atoms with Crippen molar-refractivity contribution in [1.82, 2.24) is 10.2 Å². The molecule has 0 radical (unpaired) electrons. The molecule has 2 amide bonds. The average Bonchev–Trinajstić information content (AvgIpc) is 3.03. The average molecular weight is 409 g/mol. The lowest BCUT2D eigenvalue weighted by Gasteiger charge is -2.31. The van der Waals surface area contributed by atoms with Crippen molar-refractivity contribution < 1.29 is 18.4 Å². The third kappa shape index (κ3) is 4.69. The number of likely N-dealkylation sites (tertiary alicyclic amines) is 1. The Morgan fingerprint density at radius 1 is 1.16 bits per heavy atom. The first kappa shape index (κ1) is 17.7. The number of hydrogen-bond donors (Lipinski definition) is 1. The Hall–Kier alpha value is -2.15. The van der Waals surface area contributed by atoms with Gasteiger partial charge in [0, 0.05) is 19.1 Å². The normalized spacial score (nSPS) is 15.2. The number of furan rings is 1. The number of rotatable bonds is 4. The minimum atomic E-state index is -0.315. The molecule has 0 bridgehead atoms. The summed E-state index contributed by atoms with van der Waals surface area (Å²) in [6, 6.07) is 9.29. The molecule has 5 nitrogen and oxygen atoms in total. The van der Waals surface area contributed by atoms with Crippen LogP contribution in [0.15, 0.2) is 45.5 Å². The molecule has 2 aromatic rings. The van der Waals surface area contributed by atoms with Gasteiger partial charge in [0.1, 0.15) is 5.82 Å². The van der Waals surface area contributed by atoms with Gasteiger partial charge in [0.25, 0.3) is 5.91 Å². The summed E-state index contributed by atoms with van der Waals surface area (Å²) < 4.78 is 18.7. The minimum absolute atomic E-state index is 0.0420. The number of hydrogen-bond acceptors (Lipinski definition) is 3. The zero-order chi connectivity index (χ0) is 17.8. The molecule has 1 aromatic carbocycles. The molecule has 0 atom stereocenters. The molecule has 0 spiro atoms. The fourth-order valence-electron chi connectivity index (χ4n) is 2.88. The van der Waals surface area contributed by atoms with E-state index >= 15 is 0 Å². The topological polar surface area (TPSA) is 62.6 Å². The van der Waals surface area contributed by atoms with Crippen LogP contribution in [0.25, 0.3) is 0 Å². The minimum Gasteiger partial charge on any atom is -0.444 e. The second kappa shape index (κ2) is 7.82. The standard InChI is InChI=1S/C18H18BrFN2O3/c19-16-6-5-15(25-16)18(24)22-9-7-14(8-10-22)21-17(23)11-12-1-3-13(20)4-2-12/h1-6,14H,7-11H2,(H,21,23). The van der Waals surface area contributed by atoms with Crippen molar-refractivity contribution in [3.05, 3.63) is 58.2 Å². The SMILES string of the molecule is O=C(Cc1ccc(F)cc1)NC1CCN(C(=O)c2ccc(Br)o2)CC1. The van der Waals surface area contributed by atoms with E-state index in [1.807, 2.05) is 0 Å². The van der Waals surface area contributed by atoms with Gasteiger partial charge in [0.2, 0.25) is 5.91 Å². The largest absolute Gasteiger partial charge is 0.444 e. The number of piperidine rings is 1. The van der Waals surface area contributed by atoms with E-state index in [1.54, 1.807) is 29.2 Å². The van der Waals surface area contributed by atoms with Crippen LogP contribution in [0.2, 0.25) is 0 Å². The molecular formula is C18H18BrFN2O3. The van der Waals surface area contributed by atoms with E-state index in [-0.39, 0.29) is 30.1 Å². The highest BCUT2D eigenvalue weighted by Crippen LogP contribution is 2.18. The van der Waals surface area contributed by atoms with Crippen LogP contribution < -0.4 is 5.32 Å². The van der Waals surface area contributed by atoms with E-state index in [9.17, 15) is 14.0 Å². The summed E-state index contributed by atoms with van der Waals surface area (Å²) in [5.74, 6) is -0.233. The summed E-state index contributed by atoms with van der Waals surface area (Å²) in [6.07, 6.45) is 1.62. The molecule has 0 unspecified atom stereocenters. The number of carbonyl (C=O) groups excluding carboxylic acids is 2. The molecule has 1 aliphatic heterocycles. The van der Waals surface area contributed by atoms with Crippen LogP contribution in [-0.2, 0) is 11.2 Å². The van der Waals surface area contributed by atoms with Crippen LogP contribution in [0.4, 0.5) is 4.39 Å². The van der Waals surface area contributed by atoms with Crippen molar-refractivity contribution in [2.24, 2.45) is 0 Å². The van der Waals surface area contributed by atoms with Gasteiger partial charge in [-0.15, -0.1) is 0 Å². The second-order valence-electron chi connectivity index (χ2n) is 6.04. The molecule has 1 saturated heterocycles. The summed E-state index contributed by atoms with van der Waals surface area (Å²) in [5.41, 5.74) is 0.773. The van der Waals surface area contributed by atoms with Gasteiger partial charge in [-0.05, 0) is 58.6 Å². The fourth-order valence-corrected chi connectivity index (χ4v) is 3.18. The number of nitrogens with one attached hydrogen (secondary N) is 1. The van der Waals surface area contributed by atoms with Crippen LogP contribution >= 0.6 is 15.9 Å². The van der Waals surface area contributed by atoms with Crippen LogP contribution in [0.5, 0.6) is 0 Å². The Morgan fingerprint density at radius 3 is 2.44 bits per heavy atom. The fraction of sp³-hybridized carbons (Fsp3) is 0.333. The van der Waals surface area contributed by atoms with Gasteiger partial charge in [0.15, 0.2) is 10.4 Å². The van der Waals surface area contributed by atoms with E-state index < -0.39 is 0 Å². The summed E-state index contributed by atoms with van der Waals surface area (Å²) in [5, 5.41) is 2.98. The first-order valence-corrected chi connectivity index (χ1v) is 8.89. The maximum Gasteiger partial charge on any atom is 0.289 e. The Kier molecular flexibility index (Phi) is 5.53. The molecule has 25 heavy (non-hydrogen) atoms. The van der Waals surface area contributed by atoms with Crippen molar-refractivity contribution in [2.75, 3.05) is 13.1 Å². The number of carbonyl (C=O) groups is 2. The maximum atomic E-state index is 12.9. The Balaban J connectivity index is 1.46. The predicted octanol–water partition coefficient (Wildman–Crippen LogP) is 3.14. The Morgan fingerprint density at radius 2 is 1.84 bits per heavy atom. The third-order valence-electron chi connectivity index (χ3n) is 4.21. The lowest BCUT2D eigenvalue weighted by molar-refractivity contribution is -0.121. The molecule has 1 N–H and O–H groups in total. The van der Waals surface area contributed by atoms with Gasteiger partial charge in [-0.25, -0.2) is 4.39 Å². The molecule has 0 aliphatic carbocycles. The van der Waals surface area contributed by atoms with Gasteiger partial charge in [0.05, 0.1) is 6.42 Å². The van der Waals surface area contributed by atoms with Crippen molar-refractivity contribution in [2.45, 2.75) is 25.3 Å². The van der Waals surface area contributed by atoms with E-state index in [1.165, 1.54) is 12.1 Å². The molecule has 1 aromatic heterocycles. The second-order valence-corrected chi connectivity index (χ2v) is 6.82. The number of amides is 2. The molecule has 7 heteroatoms. The van der Waals surface area contributed by atoms with Crippen molar-refractivity contribution in [3.8, 4) is 0 Å². The summed E-state index contributed by atoms with van der Waals surface area (Å²) in [4.78, 5) is 26.1. The van der Waals surface area contributed by atoms with Gasteiger partial charge >= 0.3 is 0 Å². The summed E-state index contributed by atoms with van der Waals surface area (Å²) >= 11 is 3.19. The summed E-state index contributed by atoms with van der Waals surface area (Å²) in [6.45, 7) is 1.14. The molecule has 3 rings (SSSR count). The predicted molar refractivity (Wildman–Crippen MR) is 93.6 cm³/mol. The highest BCUT2D eigenvalue weighted by Gasteiger charge is 2.26. The quantitative estimate of drug-likeness (QED) is 0.844. The van der Waals surface area contributed by atoms with Gasteiger partial charge in [-0.3, -0.25) is 9.59 Å². The molecule has 2 heterocycles. The van der Waals surface area contributed by atoms with Crippen LogP contribution in [-0.4, -0.2) is 35.8 Å². The molecular weight excluding hydrogens is 391 g/mol. The number of nitrogens with zero attached hydrogens (tertiary/aromatic N) is 1. The first-order chi connectivity index (χ1) is 12.0. The van der Waals surface area contributed by atoms with Gasteiger partial charge in [-0.2, -0.15) is 0 Å². The molecule has 1 aliphatic rings. The highest BCUT2D eigenvalue weighted by molar-refractivity contribution is 9.10. The van der Waals surface area contributed by atoms with Gasteiger partial charge in [-0.1, -0.05) is 12.1 Å². The Labute approximate surface area is 153 Å². The van der Waals surface area contributed by atoms with Crippen LogP contribution in [0.3, 0.4) is 0 Å². The van der Waals surface area contributed by atoms with E-state index in [2.05, 4.69) is 21.2 Å². The summed E-state index contributed by atoms with van der Waals surface area (Å²) in [7, 11) is 0. The number of benzene rings is 1. The zero-order valence-electron chi connectivity index (χ0n) is 13.5. The number of halogens is 2. The highest BCUT2D eigenvalue weighted by atomic mass is 79.9. The maximum absolute atomic E-state index is 12.9. The molecule has 0 saturated carbocycles. The van der Waals surface area contributed by atoms with Crippen LogP contribution in [0, 0.1) is 5.82 Å². The Bertz CT molecular complexity index is 752. The van der Waals surface area contributed by atoms with Crippen molar-refractivity contribution in [1.29, 1.82) is 0 Å². The lowest BCUT2D eigenvalue weighted by Crippen LogP contribution is -2.46.